The molecule has 1 aliphatic rings. The van der Waals surface area contributed by atoms with Gasteiger partial charge in [-0.1, -0.05) is 0 Å². The molecule has 1 fully saturated rings. The molecule has 1 rings (SSSR count). The Labute approximate surface area is 92.3 Å². The fraction of sp³-hybridized carbons (Fsp3) is 1.00. The van der Waals surface area contributed by atoms with Crippen molar-refractivity contribution in [2.45, 2.75) is 13.3 Å². The first-order chi connectivity index (χ1) is 7.43. The highest BCUT2D eigenvalue weighted by Gasteiger charge is 2.14. The van der Waals surface area contributed by atoms with E-state index < -0.39 is 0 Å². The second-order valence-electron chi connectivity index (χ2n) is 3.74. The summed E-state index contributed by atoms with van der Waals surface area (Å²) in [5.41, 5.74) is 0. The first-order valence-corrected chi connectivity index (χ1v) is 5.87. The molecule has 0 aromatic heterocycles. The zero-order chi connectivity index (χ0) is 10.8. The van der Waals surface area contributed by atoms with Crippen LogP contribution in [0.4, 0.5) is 0 Å². The second-order valence-corrected chi connectivity index (χ2v) is 3.74. The van der Waals surface area contributed by atoms with Crippen LogP contribution in [0.5, 0.6) is 0 Å². The fourth-order valence-electron chi connectivity index (χ4n) is 1.56. The number of ether oxygens (including phenoxy) is 3. The molecule has 4 nitrogen and oxygen atoms in total. The van der Waals surface area contributed by atoms with Crippen molar-refractivity contribution in [3.05, 3.63) is 0 Å². The Morgan fingerprint density at radius 2 is 2.13 bits per heavy atom. The zero-order valence-corrected chi connectivity index (χ0v) is 9.67. The van der Waals surface area contributed by atoms with Gasteiger partial charge in [-0.15, -0.1) is 0 Å². The van der Waals surface area contributed by atoms with Gasteiger partial charge < -0.3 is 19.5 Å². The highest BCUT2D eigenvalue weighted by Crippen LogP contribution is 2.10. The molecule has 1 N–H and O–H groups in total. The highest BCUT2D eigenvalue weighted by molar-refractivity contribution is 4.66. The van der Waals surface area contributed by atoms with Crippen LogP contribution in [0.15, 0.2) is 0 Å². The van der Waals surface area contributed by atoms with Crippen LogP contribution in [0.25, 0.3) is 0 Å². The lowest BCUT2D eigenvalue weighted by Gasteiger charge is -2.09. The van der Waals surface area contributed by atoms with E-state index in [9.17, 15) is 0 Å². The van der Waals surface area contributed by atoms with Crippen LogP contribution >= 0.6 is 0 Å². The third kappa shape index (κ3) is 6.84. The van der Waals surface area contributed by atoms with Crippen LogP contribution < -0.4 is 5.32 Å². The maximum Gasteiger partial charge on any atom is 0.0701 e. The van der Waals surface area contributed by atoms with Crippen LogP contribution in [0, 0.1) is 5.92 Å². The summed E-state index contributed by atoms with van der Waals surface area (Å²) >= 11 is 0. The first-order valence-electron chi connectivity index (χ1n) is 5.87. The van der Waals surface area contributed by atoms with Crippen LogP contribution in [-0.2, 0) is 14.2 Å². The van der Waals surface area contributed by atoms with Crippen molar-refractivity contribution in [1.29, 1.82) is 0 Å². The number of rotatable bonds is 9. The van der Waals surface area contributed by atoms with Gasteiger partial charge in [-0.3, -0.25) is 0 Å². The molecule has 0 aliphatic carbocycles. The molecule has 1 heterocycles. The van der Waals surface area contributed by atoms with Crippen molar-refractivity contribution in [1.82, 2.24) is 5.32 Å². The maximum atomic E-state index is 5.38. The van der Waals surface area contributed by atoms with Gasteiger partial charge in [0, 0.05) is 26.3 Å². The molecule has 4 heteroatoms. The van der Waals surface area contributed by atoms with Gasteiger partial charge in [0.05, 0.1) is 26.4 Å². The van der Waals surface area contributed by atoms with Crippen molar-refractivity contribution < 1.29 is 14.2 Å². The molecule has 0 spiro atoms. The largest absolute Gasteiger partial charge is 0.381 e. The molecule has 0 amide bonds. The minimum Gasteiger partial charge on any atom is -0.381 e. The summed E-state index contributed by atoms with van der Waals surface area (Å²) in [4.78, 5) is 0. The highest BCUT2D eigenvalue weighted by atomic mass is 16.5. The van der Waals surface area contributed by atoms with E-state index in [-0.39, 0.29) is 0 Å². The Balaban J connectivity index is 1.73. The fourth-order valence-corrected chi connectivity index (χ4v) is 1.56. The summed E-state index contributed by atoms with van der Waals surface area (Å²) in [5, 5.41) is 3.37. The summed E-state index contributed by atoms with van der Waals surface area (Å²) in [6.07, 6.45) is 1.19. The van der Waals surface area contributed by atoms with Crippen LogP contribution in [0.2, 0.25) is 0 Å². The minimum absolute atomic E-state index is 0.696. The van der Waals surface area contributed by atoms with Gasteiger partial charge in [-0.05, 0) is 19.3 Å². The van der Waals surface area contributed by atoms with E-state index in [1.54, 1.807) is 0 Å². The molecule has 0 bridgehead atoms. The normalized spacial score (nSPS) is 21.0. The average Bonchev–Trinajstić information content (AvgIpc) is 2.75. The lowest BCUT2D eigenvalue weighted by Crippen LogP contribution is -2.26. The number of nitrogens with one attached hydrogen (secondary N) is 1. The van der Waals surface area contributed by atoms with Gasteiger partial charge in [0.25, 0.3) is 0 Å². The first kappa shape index (κ1) is 12.9. The summed E-state index contributed by atoms with van der Waals surface area (Å²) in [6, 6.07) is 0. The predicted molar refractivity (Wildman–Crippen MR) is 59.1 cm³/mol. The van der Waals surface area contributed by atoms with E-state index in [0.29, 0.717) is 19.1 Å². The van der Waals surface area contributed by atoms with Crippen LogP contribution in [0.1, 0.15) is 13.3 Å². The lowest BCUT2D eigenvalue weighted by molar-refractivity contribution is 0.0537. The Kier molecular flexibility index (Phi) is 7.83. The van der Waals surface area contributed by atoms with Crippen molar-refractivity contribution in [3.63, 3.8) is 0 Å². The van der Waals surface area contributed by atoms with Crippen molar-refractivity contribution in [3.8, 4) is 0 Å². The molecule has 0 aromatic rings. The molecule has 1 aliphatic heterocycles. The van der Waals surface area contributed by atoms with E-state index >= 15 is 0 Å². The second kappa shape index (κ2) is 9.09. The van der Waals surface area contributed by atoms with Gasteiger partial charge in [0.15, 0.2) is 0 Å². The molecule has 0 aromatic carbocycles. The Morgan fingerprint density at radius 3 is 2.87 bits per heavy atom. The van der Waals surface area contributed by atoms with Crippen LogP contribution in [-0.4, -0.2) is 52.7 Å². The predicted octanol–water partition coefficient (Wildman–Crippen LogP) is 0.666. The molecular formula is C11H23NO3. The monoisotopic (exact) mass is 217 g/mol. The van der Waals surface area contributed by atoms with E-state index in [1.807, 2.05) is 6.92 Å². The quantitative estimate of drug-likeness (QED) is 0.576. The molecule has 0 saturated carbocycles. The Hall–Kier alpha value is -0.160. The Bertz CT molecular complexity index is 138. The van der Waals surface area contributed by atoms with Gasteiger partial charge in [-0.2, -0.15) is 0 Å². The molecule has 1 saturated heterocycles. The van der Waals surface area contributed by atoms with Crippen LogP contribution in [0.3, 0.4) is 0 Å². The third-order valence-corrected chi connectivity index (χ3v) is 2.46. The lowest BCUT2D eigenvalue weighted by atomic mass is 10.1. The molecule has 15 heavy (non-hydrogen) atoms. The zero-order valence-electron chi connectivity index (χ0n) is 9.67. The smallest absolute Gasteiger partial charge is 0.0701 e. The summed E-state index contributed by atoms with van der Waals surface area (Å²) < 4.78 is 15.8. The summed E-state index contributed by atoms with van der Waals surface area (Å²) in [5.74, 6) is 0.702. The SMILES string of the molecule is CCOCCOCCNCC1CCOC1. The number of hydrogen-bond acceptors (Lipinski definition) is 4. The summed E-state index contributed by atoms with van der Waals surface area (Å²) in [6.45, 7) is 8.73. The molecule has 90 valence electrons. The van der Waals surface area contributed by atoms with E-state index in [4.69, 9.17) is 14.2 Å². The van der Waals surface area contributed by atoms with Crippen molar-refractivity contribution >= 4 is 0 Å². The van der Waals surface area contributed by atoms with E-state index in [2.05, 4.69) is 5.32 Å². The molecule has 0 radical (unpaired) electrons. The Morgan fingerprint density at radius 1 is 1.27 bits per heavy atom. The van der Waals surface area contributed by atoms with Gasteiger partial charge in [0.2, 0.25) is 0 Å². The molecule has 1 unspecified atom stereocenters. The third-order valence-electron chi connectivity index (χ3n) is 2.46. The minimum atomic E-state index is 0.696. The summed E-state index contributed by atoms with van der Waals surface area (Å²) in [7, 11) is 0. The molecule has 1 atom stereocenters. The standard InChI is InChI=1S/C11H23NO3/c1-2-13-7-8-14-6-4-12-9-11-3-5-15-10-11/h11-12H,2-10H2,1H3. The van der Waals surface area contributed by atoms with E-state index in [0.717, 1.165) is 39.5 Å². The topological polar surface area (TPSA) is 39.7 Å². The van der Waals surface area contributed by atoms with E-state index in [1.165, 1.54) is 6.42 Å². The van der Waals surface area contributed by atoms with Crippen molar-refractivity contribution in [2.24, 2.45) is 5.92 Å². The number of hydrogen-bond donors (Lipinski definition) is 1. The van der Waals surface area contributed by atoms with Gasteiger partial charge >= 0.3 is 0 Å². The maximum absolute atomic E-state index is 5.38. The van der Waals surface area contributed by atoms with Gasteiger partial charge in [0.1, 0.15) is 0 Å². The molecular weight excluding hydrogens is 194 g/mol. The average molecular weight is 217 g/mol. The van der Waals surface area contributed by atoms with Crippen molar-refractivity contribution in [2.75, 3.05) is 52.7 Å². The van der Waals surface area contributed by atoms with Gasteiger partial charge in [-0.25, -0.2) is 0 Å².